The van der Waals surface area contributed by atoms with Crippen LogP contribution in [0.2, 0.25) is 10.0 Å². The van der Waals surface area contributed by atoms with Crippen LogP contribution in [0.1, 0.15) is 18.5 Å². The van der Waals surface area contributed by atoms with E-state index in [4.69, 9.17) is 37.8 Å². The molecule has 9 nitrogen and oxygen atoms in total. The molecule has 2 aromatic carbocycles. The Morgan fingerprint density at radius 3 is 2.62 bits per heavy atom. The lowest BCUT2D eigenvalue weighted by Crippen LogP contribution is -2.31. The minimum absolute atomic E-state index is 0.329. The summed E-state index contributed by atoms with van der Waals surface area (Å²) < 4.78 is 12.8. The number of nitrogens with zero attached hydrogens (tertiary/aromatic N) is 4. The van der Waals surface area contributed by atoms with Crippen molar-refractivity contribution in [3.05, 3.63) is 87.8 Å². The van der Waals surface area contributed by atoms with E-state index < -0.39 is 6.04 Å². The summed E-state index contributed by atoms with van der Waals surface area (Å²) in [5.74, 6) is 1.70. The van der Waals surface area contributed by atoms with E-state index >= 15 is 0 Å². The van der Waals surface area contributed by atoms with Gasteiger partial charge in [0.1, 0.15) is 17.5 Å². The molecule has 1 aliphatic heterocycles. The molecule has 188 valence electrons. The minimum atomic E-state index is -0.693. The molecule has 5 rings (SSSR count). The number of benzene rings is 2. The molecule has 37 heavy (non-hydrogen) atoms. The van der Waals surface area contributed by atoms with Gasteiger partial charge in [-0.05, 0) is 55.5 Å². The molecule has 1 aliphatic rings. The molecule has 3 heterocycles. The maximum Gasteiger partial charge on any atom is 0.255 e. The fraction of sp³-hybridized carbons (Fsp3) is 0.154. The molecule has 0 saturated heterocycles. The van der Waals surface area contributed by atoms with E-state index in [1.54, 1.807) is 73.8 Å². The van der Waals surface area contributed by atoms with Gasteiger partial charge in [-0.25, -0.2) is 4.68 Å². The van der Waals surface area contributed by atoms with Crippen molar-refractivity contribution in [1.29, 1.82) is 0 Å². The Balaban J connectivity index is 1.67. The van der Waals surface area contributed by atoms with Crippen molar-refractivity contribution in [2.75, 3.05) is 24.9 Å². The molecule has 0 saturated carbocycles. The first kappa shape index (κ1) is 24.6. The van der Waals surface area contributed by atoms with Crippen molar-refractivity contribution in [3.8, 4) is 22.9 Å². The van der Waals surface area contributed by atoms with E-state index in [1.807, 2.05) is 13.0 Å². The molecule has 11 heteroatoms. The summed E-state index contributed by atoms with van der Waals surface area (Å²) in [6, 6.07) is 13.4. The molecule has 1 atom stereocenters. The average molecular weight is 537 g/mol. The average Bonchev–Trinajstić information content (AvgIpc) is 3.33. The summed E-state index contributed by atoms with van der Waals surface area (Å²) in [4.78, 5) is 22.5. The summed E-state index contributed by atoms with van der Waals surface area (Å²) in [6.45, 7) is 1.81. The second-order valence-electron chi connectivity index (χ2n) is 8.20. The topological polar surface area (TPSA) is 103 Å². The number of fused-ring (bicyclic) bond motifs is 1. The number of hydrogen-bond donors (Lipinski definition) is 2. The molecular weight excluding hydrogens is 515 g/mol. The van der Waals surface area contributed by atoms with Gasteiger partial charge in [0.2, 0.25) is 5.95 Å². The summed E-state index contributed by atoms with van der Waals surface area (Å²) in [6.07, 6.45) is 3.22. The van der Waals surface area contributed by atoms with Crippen molar-refractivity contribution in [3.63, 3.8) is 0 Å². The number of carbonyl (C=O) groups excluding carboxylic acids is 1. The predicted octanol–water partition coefficient (Wildman–Crippen LogP) is 5.59. The first-order valence-corrected chi connectivity index (χ1v) is 12.0. The number of pyridine rings is 1. The molecule has 2 aromatic heterocycles. The lowest BCUT2D eigenvalue weighted by Gasteiger charge is -2.29. The van der Waals surface area contributed by atoms with Crippen molar-refractivity contribution < 1.29 is 14.3 Å². The third-order valence-electron chi connectivity index (χ3n) is 5.93. The Labute approximate surface area is 223 Å². The highest BCUT2D eigenvalue weighted by Gasteiger charge is 2.36. The maximum absolute atomic E-state index is 13.7. The highest BCUT2D eigenvalue weighted by Crippen LogP contribution is 2.42. The molecule has 0 radical (unpaired) electrons. The zero-order chi connectivity index (χ0) is 26.1. The van der Waals surface area contributed by atoms with Crippen LogP contribution in [0.15, 0.2) is 72.2 Å². The lowest BCUT2D eigenvalue weighted by molar-refractivity contribution is -0.113. The minimum Gasteiger partial charge on any atom is -0.497 e. The normalized spacial score (nSPS) is 14.6. The Morgan fingerprint density at radius 2 is 1.92 bits per heavy atom. The van der Waals surface area contributed by atoms with E-state index in [2.05, 4.69) is 20.6 Å². The molecule has 0 fully saturated rings. The van der Waals surface area contributed by atoms with Crippen LogP contribution in [-0.2, 0) is 4.79 Å². The molecule has 4 aromatic rings. The number of methoxy groups -OCH3 is 2. The van der Waals surface area contributed by atoms with Gasteiger partial charge < -0.3 is 20.1 Å². The molecule has 0 spiro atoms. The van der Waals surface area contributed by atoms with Gasteiger partial charge in [-0.3, -0.25) is 9.78 Å². The molecular formula is C26H22Cl2N6O3. The third-order valence-corrected chi connectivity index (χ3v) is 6.66. The smallest absolute Gasteiger partial charge is 0.255 e. The highest BCUT2D eigenvalue weighted by atomic mass is 35.5. The van der Waals surface area contributed by atoms with E-state index in [0.717, 1.165) is 0 Å². The van der Waals surface area contributed by atoms with Gasteiger partial charge in [-0.15, -0.1) is 5.10 Å². The van der Waals surface area contributed by atoms with Crippen LogP contribution < -0.4 is 20.1 Å². The predicted molar refractivity (Wildman–Crippen MR) is 142 cm³/mol. The van der Waals surface area contributed by atoms with Crippen LogP contribution in [0.5, 0.6) is 11.5 Å². The summed E-state index contributed by atoms with van der Waals surface area (Å²) in [7, 11) is 3.15. The van der Waals surface area contributed by atoms with Gasteiger partial charge >= 0.3 is 0 Å². The summed E-state index contributed by atoms with van der Waals surface area (Å²) in [5.41, 5.74) is 2.94. The fourth-order valence-electron chi connectivity index (χ4n) is 4.18. The fourth-order valence-corrected chi connectivity index (χ4v) is 4.48. The van der Waals surface area contributed by atoms with E-state index in [1.165, 1.54) is 0 Å². The third kappa shape index (κ3) is 4.71. The second-order valence-corrected chi connectivity index (χ2v) is 9.02. The second kappa shape index (κ2) is 10.1. The largest absolute Gasteiger partial charge is 0.497 e. The Kier molecular flexibility index (Phi) is 6.73. The number of halogens is 2. The molecule has 0 aliphatic carbocycles. The van der Waals surface area contributed by atoms with Gasteiger partial charge in [0.25, 0.3) is 5.91 Å². The Morgan fingerprint density at radius 1 is 1.08 bits per heavy atom. The number of nitrogens with one attached hydrogen (secondary N) is 2. The monoisotopic (exact) mass is 536 g/mol. The van der Waals surface area contributed by atoms with Crippen LogP contribution in [-0.4, -0.2) is 39.9 Å². The van der Waals surface area contributed by atoms with E-state index in [0.29, 0.717) is 61.4 Å². The van der Waals surface area contributed by atoms with Gasteiger partial charge in [-0.2, -0.15) is 4.98 Å². The summed E-state index contributed by atoms with van der Waals surface area (Å²) >= 11 is 12.3. The highest BCUT2D eigenvalue weighted by molar-refractivity contribution is 6.42. The zero-order valence-electron chi connectivity index (χ0n) is 20.1. The van der Waals surface area contributed by atoms with Gasteiger partial charge in [0, 0.05) is 23.0 Å². The van der Waals surface area contributed by atoms with Gasteiger partial charge in [0.15, 0.2) is 5.82 Å². The number of aromatic nitrogens is 4. The summed E-state index contributed by atoms with van der Waals surface area (Å²) in [5, 5.41) is 11.7. The quantitative estimate of drug-likeness (QED) is 0.331. The SMILES string of the molecule is COc1ccc(OC)c(C2C(C(=O)Nc3cccnc3)=C(C)Nc3nc(-c4ccc(Cl)c(Cl)c4)nn32)c1. The lowest BCUT2D eigenvalue weighted by atomic mass is 9.94. The molecule has 1 unspecified atom stereocenters. The number of anilines is 2. The van der Waals surface area contributed by atoms with Crippen LogP contribution in [0.3, 0.4) is 0 Å². The van der Waals surface area contributed by atoms with Crippen molar-refractivity contribution in [2.24, 2.45) is 0 Å². The number of carbonyl (C=O) groups is 1. The number of allylic oxidation sites excluding steroid dienone is 1. The van der Waals surface area contributed by atoms with Crippen LogP contribution >= 0.6 is 23.2 Å². The molecule has 2 N–H and O–H groups in total. The van der Waals surface area contributed by atoms with Crippen molar-refractivity contribution in [1.82, 2.24) is 19.7 Å². The first-order valence-electron chi connectivity index (χ1n) is 11.2. The van der Waals surface area contributed by atoms with Gasteiger partial charge in [-0.1, -0.05) is 23.2 Å². The van der Waals surface area contributed by atoms with Crippen LogP contribution in [0, 0.1) is 0 Å². The number of rotatable bonds is 6. The van der Waals surface area contributed by atoms with E-state index in [9.17, 15) is 4.79 Å². The van der Waals surface area contributed by atoms with Crippen LogP contribution in [0.25, 0.3) is 11.4 Å². The number of amides is 1. The number of hydrogen-bond acceptors (Lipinski definition) is 7. The Bertz CT molecular complexity index is 1520. The first-order chi connectivity index (χ1) is 17.9. The van der Waals surface area contributed by atoms with Gasteiger partial charge in [0.05, 0.1) is 41.7 Å². The van der Waals surface area contributed by atoms with Crippen LogP contribution in [0.4, 0.5) is 11.6 Å². The molecule has 0 bridgehead atoms. The van der Waals surface area contributed by atoms with Crippen molar-refractivity contribution >= 4 is 40.7 Å². The van der Waals surface area contributed by atoms with Crippen molar-refractivity contribution in [2.45, 2.75) is 13.0 Å². The zero-order valence-corrected chi connectivity index (χ0v) is 21.6. The molecule has 1 amide bonds. The Hall–Kier alpha value is -4.08. The van der Waals surface area contributed by atoms with E-state index in [-0.39, 0.29) is 5.91 Å². The number of ether oxygens (including phenoxy) is 2. The maximum atomic E-state index is 13.7. The standard InChI is InChI=1S/C26H22Cl2N6O3/c1-14-22(25(35)31-16-5-4-10-29-13-16)23(18-12-17(36-2)7-9-21(18)37-3)34-26(30-14)32-24(33-34)15-6-8-19(27)20(28)11-15/h4-13,23H,1-3H3,(H,31,35)(H,30,32,33).